The van der Waals surface area contributed by atoms with E-state index in [1.807, 2.05) is 6.92 Å². The molecule has 1 N–H and O–H groups in total. The molecule has 0 saturated carbocycles. The van der Waals surface area contributed by atoms with Crippen molar-refractivity contribution < 1.29 is 13.2 Å². The molecule has 0 amide bonds. The molecule has 0 saturated heterocycles. The van der Waals surface area contributed by atoms with Gasteiger partial charge in [-0.05, 0) is 49.2 Å². The summed E-state index contributed by atoms with van der Waals surface area (Å²) in [7, 11) is -3.70. The van der Waals surface area contributed by atoms with Gasteiger partial charge in [0.15, 0.2) is 0 Å². The first-order valence-corrected chi connectivity index (χ1v) is 9.16. The maximum atomic E-state index is 12.4. The van der Waals surface area contributed by atoms with Gasteiger partial charge in [-0.25, -0.2) is 13.4 Å². The molecule has 0 bridgehead atoms. The van der Waals surface area contributed by atoms with Crippen LogP contribution in [0.4, 0.5) is 5.82 Å². The standard InChI is InChI=1S/C16H19ClN2O3S/c1-3-4-9-22-15-7-6-14(10-12(15)2)23(20,21)19-16-8-5-13(17)11-18-16/h5-8,10-11H,3-4,9H2,1-2H3,(H,18,19). The number of aryl methyl sites for hydroxylation is 1. The van der Waals surface area contributed by atoms with Crippen LogP contribution in [-0.2, 0) is 10.0 Å². The third kappa shape index (κ3) is 4.84. The van der Waals surface area contributed by atoms with Crippen LogP contribution in [-0.4, -0.2) is 20.0 Å². The van der Waals surface area contributed by atoms with Crippen molar-refractivity contribution in [3.63, 3.8) is 0 Å². The molecule has 0 atom stereocenters. The summed E-state index contributed by atoms with van der Waals surface area (Å²) in [4.78, 5) is 4.09. The van der Waals surface area contributed by atoms with Crippen LogP contribution in [0.5, 0.6) is 5.75 Å². The number of anilines is 1. The number of sulfonamides is 1. The first kappa shape index (κ1) is 17.6. The van der Waals surface area contributed by atoms with Gasteiger partial charge < -0.3 is 4.74 Å². The molecule has 2 rings (SSSR count). The lowest BCUT2D eigenvalue weighted by atomic mass is 10.2. The highest BCUT2D eigenvalue weighted by Crippen LogP contribution is 2.23. The Balaban J connectivity index is 2.16. The van der Waals surface area contributed by atoms with E-state index in [4.69, 9.17) is 16.3 Å². The largest absolute Gasteiger partial charge is 0.493 e. The molecule has 0 aliphatic carbocycles. The molecule has 0 fully saturated rings. The Morgan fingerprint density at radius 3 is 2.65 bits per heavy atom. The van der Waals surface area contributed by atoms with Crippen molar-refractivity contribution in [1.29, 1.82) is 0 Å². The summed E-state index contributed by atoms with van der Waals surface area (Å²) in [6.07, 6.45) is 3.39. The summed E-state index contributed by atoms with van der Waals surface area (Å²) in [5.41, 5.74) is 0.771. The van der Waals surface area contributed by atoms with Crippen molar-refractivity contribution in [2.45, 2.75) is 31.6 Å². The quantitative estimate of drug-likeness (QED) is 0.762. The van der Waals surface area contributed by atoms with Crippen LogP contribution in [0.1, 0.15) is 25.3 Å². The average molecular weight is 355 g/mol. The average Bonchev–Trinajstić information content (AvgIpc) is 2.51. The van der Waals surface area contributed by atoms with Crippen LogP contribution in [0.25, 0.3) is 0 Å². The van der Waals surface area contributed by atoms with Gasteiger partial charge in [-0.3, -0.25) is 4.72 Å². The number of hydrogen-bond acceptors (Lipinski definition) is 4. The zero-order valence-corrected chi connectivity index (χ0v) is 14.6. The van der Waals surface area contributed by atoms with Gasteiger partial charge in [0.2, 0.25) is 0 Å². The number of benzene rings is 1. The van der Waals surface area contributed by atoms with E-state index < -0.39 is 10.0 Å². The number of nitrogens with zero attached hydrogens (tertiary/aromatic N) is 1. The van der Waals surface area contributed by atoms with E-state index >= 15 is 0 Å². The minimum Gasteiger partial charge on any atom is -0.493 e. The minimum absolute atomic E-state index is 0.162. The Morgan fingerprint density at radius 2 is 2.04 bits per heavy atom. The van der Waals surface area contributed by atoms with Crippen LogP contribution >= 0.6 is 11.6 Å². The van der Waals surface area contributed by atoms with Crippen LogP contribution in [0.2, 0.25) is 5.02 Å². The summed E-state index contributed by atoms with van der Waals surface area (Å²) >= 11 is 5.74. The van der Waals surface area contributed by atoms with Crippen molar-refractivity contribution in [3.8, 4) is 5.75 Å². The molecule has 0 unspecified atom stereocenters. The van der Waals surface area contributed by atoms with Crippen LogP contribution in [0.15, 0.2) is 41.4 Å². The Hall–Kier alpha value is -1.79. The molecule has 2 aromatic rings. The van der Waals surface area contributed by atoms with Crippen molar-refractivity contribution in [2.24, 2.45) is 0 Å². The highest BCUT2D eigenvalue weighted by molar-refractivity contribution is 7.92. The number of unbranched alkanes of at least 4 members (excludes halogenated alkanes) is 1. The summed E-state index contributed by atoms with van der Waals surface area (Å²) in [5, 5.41) is 0.442. The van der Waals surface area contributed by atoms with E-state index in [1.165, 1.54) is 18.3 Å². The molecule has 1 aromatic heterocycles. The molecule has 0 spiro atoms. The highest BCUT2D eigenvalue weighted by Gasteiger charge is 2.16. The van der Waals surface area contributed by atoms with E-state index in [2.05, 4.69) is 16.6 Å². The fourth-order valence-corrected chi connectivity index (χ4v) is 3.12. The second-order valence-corrected chi connectivity index (χ2v) is 7.22. The van der Waals surface area contributed by atoms with Gasteiger partial charge in [0.1, 0.15) is 11.6 Å². The van der Waals surface area contributed by atoms with Crippen LogP contribution in [0, 0.1) is 6.92 Å². The van der Waals surface area contributed by atoms with E-state index in [0.717, 1.165) is 18.4 Å². The lowest BCUT2D eigenvalue weighted by molar-refractivity contribution is 0.307. The van der Waals surface area contributed by atoms with E-state index in [0.29, 0.717) is 17.4 Å². The van der Waals surface area contributed by atoms with Gasteiger partial charge in [-0.2, -0.15) is 0 Å². The molecule has 23 heavy (non-hydrogen) atoms. The van der Waals surface area contributed by atoms with E-state index in [-0.39, 0.29) is 10.7 Å². The maximum absolute atomic E-state index is 12.4. The number of pyridine rings is 1. The Kier molecular flexibility index (Phi) is 5.85. The molecule has 1 aromatic carbocycles. The fourth-order valence-electron chi connectivity index (χ4n) is 1.91. The topological polar surface area (TPSA) is 68.3 Å². The predicted octanol–water partition coefficient (Wildman–Crippen LogP) is 4.02. The molecule has 5 nitrogen and oxygen atoms in total. The van der Waals surface area contributed by atoms with Crippen molar-refractivity contribution in [1.82, 2.24) is 4.98 Å². The van der Waals surface area contributed by atoms with Gasteiger partial charge in [0.25, 0.3) is 10.0 Å². The molecular weight excluding hydrogens is 336 g/mol. The first-order valence-electron chi connectivity index (χ1n) is 7.30. The predicted molar refractivity (Wildman–Crippen MR) is 91.6 cm³/mol. The molecule has 0 radical (unpaired) electrons. The summed E-state index contributed by atoms with van der Waals surface area (Å²) < 4.78 is 32.8. The molecule has 0 aliphatic rings. The monoisotopic (exact) mass is 354 g/mol. The number of nitrogens with one attached hydrogen (secondary N) is 1. The highest BCUT2D eigenvalue weighted by atomic mass is 35.5. The summed E-state index contributed by atoms with van der Waals surface area (Å²) in [5.74, 6) is 0.914. The lowest BCUT2D eigenvalue weighted by Gasteiger charge is -2.11. The molecule has 7 heteroatoms. The van der Waals surface area contributed by atoms with Gasteiger partial charge in [0.05, 0.1) is 16.5 Å². The Labute approximate surface area is 141 Å². The van der Waals surface area contributed by atoms with Gasteiger partial charge >= 0.3 is 0 Å². The first-order chi connectivity index (χ1) is 10.9. The molecule has 1 heterocycles. The minimum atomic E-state index is -3.70. The molecule has 0 aliphatic heterocycles. The van der Waals surface area contributed by atoms with Gasteiger partial charge in [0, 0.05) is 6.20 Å². The van der Waals surface area contributed by atoms with Gasteiger partial charge in [-0.15, -0.1) is 0 Å². The summed E-state index contributed by atoms with van der Waals surface area (Å²) in [6, 6.07) is 7.86. The third-order valence-corrected chi connectivity index (χ3v) is 4.75. The molecule has 124 valence electrons. The van der Waals surface area contributed by atoms with Crippen LogP contribution < -0.4 is 9.46 Å². The second kappa shape index (κ2) is 7.66. The van der Waals surface area contributed by atoms with Crippen molar-refractivity contribution in [3.05, 3.63) is 47.1 Å². The Bertz CT molecular complexity index is 761. The number of rotatable bonds is 7. The number of ether oxygens (including phenoxy) is 1. The second-order valence-electron chi connectivity index (χ2n) is 5.10. The van der Waals surface area contributed by atoms with E-state index in [1.54, 1.807) is 18.2 Å². The Morgan fingerprint density at radius 1 is 1.26 bits per heavy atom. The van der Waals surface area contributed by atoms with Gasteiger partial charge in [-0.1, -0.05) is 24.9 Å². The third-order valence-electron chi connectivity index (χ3n) is 3.18. The van der Waals surface area contributed by atoms with Crippen molar-refractivity contribution >= 4 is 27.4 Å². The molecular formula is C16H19ClN2O3S. The number of hydrogen-bond donors (Lipinski definition) is 1. The maximum Gasteiger partial charge on any atom is 0.263 e. The SMILES string of the molecule is CCCCOc1ccc(S(=O)(=O)Nc2ccc(Cl)cn2)cc1C. The van der Waals surface area contributed by atoms with E-state index in [9.17, 15) is 8.42 Å². The normalized spacial score (nSPS) is 11.3. The van der Waals surface area contributed by atoms with Crippen molar-refractivity contribution in [2.75, 3.05) is 11.3 Å². The fraction of sp³-hybridized carbons (Fsp3) is 0.312. The number of halogens is 1. The zero-order chi connectivity index (χ0) is 16.9. The smallest absolute Gasteiger partial charge is 0.263 e. The summed E-state index contributed by atoms with van der Waals surface area (Å²) in [6.45, 7) is 4.53. The zero-order valence-electron chi connectivity index (χ0n) is 13.0. The number of aromatic nitrogens is 1. The van der Waals surface area contributed by atoms with Crippen LogP contribution in [0.3, 0.4) is 0 Å². The lowest BCUT2D eigenvalue weighted by Crippen LogP contribution is -2.14.